The summed E-state index contributed by atoms with van der Waals surface area (Å²) in [5.74, 6) is -0.242. The van der Waals surface area contributed by atoms with Crippen LogP contribution in [0.1, 0.15) is 5.56 Å². The van der Waals surface area contributed by atoms with Crippen LogP contribution in [-0.2, 0) is 0 Å². The molecule has 0 atom stereocenters. The number of benzene rings is 1. The van der Waals surface area contributed by atoms with Crippen LogP contribution >= 0.6 is 11.8 Å². The average Bonchev–Trinajstić information content (AvgIpc) is 2.04. The van der Waals surface area contributed by atoms with Crippen LogP contribution in [0.5, 0.6) is 0 Å². The van der Waals surface area contributed by atoms with Gasteiger partial charge in [-0.2, -0.15) is 0 Å². The maximum absolute atomic E-state index is 12.6. The minimum absolute atomic E-state index is 0.242. The van der Waals surface area contributed by atoms with Crippen molar-refractivity contribution in [1.29, 1.82) is 0 Å². The molecule has 1 aromatic carbocycles. The molecule has 0 saturated carbocycles. The van der Waals surface area contributed by atoms with Gasteiger partial charge in [0.1, 0.15) is 5.82 Å². The van der Waals surface area contributed by atoms with Crippen LogP contribution in [0.25, 0.3) is 0 Å². The Hall–Kier alpha value is -0.760. The Morgan fingerprint density at radius 3 is 2.82 bits per heavy atom. The maximum atomic E-state index is 12.6. The van der Waals surface area contributed by atoms with Crippen LogP contribution in [0.3, 0.4) is 0 Å². The second-order valence-electron chi connectivity index (χ2n) is 2.02. The first-order valence-electron chi connectivity index (χ1n) is 3.14. The Kier molecular flexibility index (Phi) is 2.71. The molecule has 0 unspecified atom stereocenters. The average molecular weight is 167 g/mol. The molecule has 2 heteroatoms. The van der Waals surface area contributed by atoms with E-state index in [1.54, 1.807) is 17.8 Å². The highest BCUT2D eigenvalue weighted by molar-refractivity contribution is 7.98. The van der Waals surface area contributed by atoms with Crippen molar-refractivity contribution >= 4 is 11.8 Å². The van der Waals surface area contributed by atoms with Crippen LogP contribution in [0.4, 0.5) is 4.39 Å². The van der Waals surface area contributed by atoms with Gasteiger partial charge in [-0.15, -0.1) is 11.8 Å². The normalized spacial score (nSPS) is 9.64. The van der Waals surface area contributed by atoms with Gasteiger partial charge in [0, 0.05) is 4.90 Å². The standard InChI is InChI=1S/C9H8FS/c1-3-7-6-8(10)4-5-9(7)11-2/h4-6H,1H2,2H3. The molecule has 1 aromatic rings. The third-order valence-electron chi connectivity index (χ3n) is 1.35. The molecule has 0 spiro atoms. The van der Waals surface area contributed by atoms with Crippen LogP contribution in [0.2, 0.25) is 0 Å². The Morgan fingerprint density at radius 1 is 1.55 bits per heavy atom. The first-order valence-corrected chi connectivity index (χ1v) is 4.37. The molecular formula is C9H8FS. The highest BCUT2D eigenvalue weighted by atomic mass is 32.2. The van der Waals surface area contributed by atoms with E-state index in [0.717, 1.165) is 10.5 Å². The topological polar surface area (TPSA) is 0 Å². The predicted molar refractivity (Wildman–Crippen MR) is 46.2 cm³/mol. The zero-order chi connectivity index (χ0) is 8.27. The number of thioether (sulfide) groups is 1. The summed E-state index contributed by atoms with van der Waals surface area (Å²) in [4.78, 5) is 1.00. The molecule has 0 heterocycles. The zero-order valence-electron chi connectivity index (χ0n) is 6.23. The van der Waals surface area contributed by atoms with Gasteiger partial charge in [-0.05, 0) is 36.1 Å². The largest absolute Gasteiger partial charge is 0.207 e. The van der Waals surface area contributed by atoms with Crippen molar-refractivity contribution in [2.45, 2.75) is 4.90 Å². The summed E-state index contributed by atoms with van der Waals surface area (Å²) in [6, 6.07) is 4.60. The highest BCUT2D eigenvalue weighted by Crippen LogP contribution is 2.20. The number of halogens is 1. The van der Waals surface area contributed by atoms with Crippen molar-refractivity contribution in [2.24, 2.45) is 0 Å². The fraction of sp³-hybridized carbons (Fsp3) is 0.111. The van der Waals surface area contributed by atoms with Crippen molar-refractivity contribution in [3.63, 3.8) is 0 Å². The molecule has 0 aliphatic rings. The summed E-state index contributed by atoms with van der Waals surface area (Å²) < 4.78 is 12.6. The Balaban J connectivity index is 3.16. The second-order valence-corrected chi connectivity index (χ2v) is 2.87. The fourth-order valence-corrected chi connectivity index (χ4v) is 1.37. The molecule has 1 radical (unpaired) electrons. The van der Waals surface area contributed by atoms with Gasteiger partial charge in [0.25, 0.3) is 0 Å². The number of hydrogen-bond acceptors (Lipinski definition) is 1. The van der Waals surface area contributed by atoms with Crippen molar-refractivity contribution in [3.8, 4) is 0 Å². The summed E-state index contributed by atoms with van der Waals surface area (Å²) in [6.07, 6.45) is 4.62. The van der Waals surface area contributed by atoms with Gasteiger partial charge in [-0.25, -0.2) is 4.39 Å². The molecule has 0 N–H and O–H groups in total. The van der Waals surface area contributed by atoms with E-state index in [4.69, 9.17) is 0 Å². The van der Waals surface area contributed by atoms with Gasteiger partial charge in [0.05, 0.1) is 0 Å². The molecule has 0 aliphatic carbocycles. The molecular weight excluding hydrogens is 159 g/mol. The number of rotatable bonds is 2. The summed E-state index contributed by atoms with van der Waals surface area (Å²) in [7, 11) is 0. The Morgan fingerprint density at radius 2 is 2.27 bits per heavy atom. The van der Waals surface area contributed by atoms with Gasteiger partial charge in [0.15, 0.2) is 0 Å². The quantitative estimate of drug-likeness (QED) is 0.610. The SMILES string of the molecule is C=[C]c1cc(F)ccc1SC. The lowest BCUT2D eigenvalue weighted by atomic mass is 10.2. The molecule has 57 valence electrons. The van der Waals surface area contributed by atoms with Crippen LogP contribution in [-0.4, -0.2) is 6.26 Å². The molecule has 0 aromatic heterocycles. The van der Waals surface area contributed by atoms with Gasteiger partial charge in [-0.1, -0.05) is 6.58 Å². The fourth-order valence-electron chi connectivity index (χ4n) is 0.818. The van der Waals surface area contributed by atoms with E-state index in [0.29, 0.717) is 0 Å². The molecule has 0 amide bonds. The van der Waals surface area contributed by atoms with Crippen molar-refractivity contribution in [3.05, 3.63) is 42.2 Å². The number of hydrogen-bond donors (Lipinski definition) is 0. The first kappa shape index (κ1) is 8.34. The van der Waals surface area contributed by atoms with Crippen LogP contribution in [0.15, 0.2) is 29.7 Å². The van der Waals surface area contributed by atoms with Gasteiger partial charge in [-0.3, -0.25) is 0 Å². The van der Waals surface area contributed by atoms with E-state index in [1.165, 1.54) is 12.1 Å². The minimum Gasteiger partial charge on any atom is -0.207 e. The Bertz CT molecular complexity index is 268. The molecule has 0 fully saturated rings. The first-order chi connectivity index (χ1) is 5.27. The third-order valence-corrected chi connectivity index (χ3v) is 2.15. The van der Waals surface area contributed by atoms with Crippen molar-refractivity contribution in [1.82, 2.24) is 0 Å². The lowest BCUT2D eigenvalue weighted by Crippen LogP contribution is -1.81. The third kappa shape index (κ3) is 1.84. The van der Waals surface area contributed by atoms with E-state index in [2.05, 4.69) is 12.7 Å². The second kappa shape index (κ2) is 3.58. The van der Waals surface area contributed by atoms with Gasteiger partial charge < -0.3 is 0 Å². The summed E-state index contributed by atoms with van der Waals surface area (Å²) in [6.45, 7) is 3.48. The van der Waals surface area contributed by atoms with E-state index < -0.39 is 0 Å². The van der Waals surface area contributed by atoms with Gasteiger partial charge >= 0.3 is 0 Å². The van der Waals surface area contributed by atoms with Crippen LogP contribution in [0, 0.1) is 11.9 Å². The minimum atomic E-state index is -0.242. The lowest BCUT2D eigenvalue weighted by molar-refractivity contribution is 0.625. The molecule has 0 saturated heterocycles. The Labute approximate surface area is 70.1 Å². The van der Waals surface area contributed by atoms with Crippen molar-refractivity contribution < 1.29 is 4.39 Å². The summed E-state index contributed by atoms with van der Waals surface area (Å²) >= 11 is 1.56. The molecule has 0 aliphatic heterocycles. The predicted octanol–water partition coefficient (Wildman–Crippen LogP) is 2.88. The van der Waals surface area contributed by atoms with E-state index in [1.807, 2.05) is 6.26 Å². The summed E-state index contributed by atoms with van der Waals surface area (Å²) in [5.41, 5.74) is 0.734. The smallest absolute Gasteiger partial charge is 0.123 e. The molecule has 0 nitrogen and oxygen atoms in total. The molecule has 0 bridgehead atoms. The summed E-state index contributed by atoms with van der Waals surface area (Å²) in [5, 5.41) is 0. The van der Waals surface area contributed by atoms with E-state index >= 15 is 0 Å². The highest BCUT2D eigenvalue weighted by Gasteiger charge is 1.98. The van der Waals surface area contributed by atoms with E-state index in [9.17, 15) is 4.39 Å². The van der Waals surface area contributed by atoms with Crippen molar-refractivity contribution in [2.75, 3.05) is 6.26 Å². The lowest BCUT2D eigenvalue weighted by Gasteiger charge is -2.00. The zero-order valence-corrected chi connectivity index (χ0v) is 7.04. The molecule has 1 rings (SSSR count). The molecule has 11 heavy (non-hydrogen) atoms. The van der Waals surface area contributed by atoms with Crippen LogP contribution < -0.4 is 0 Å². The maximum Gasteiger partial charge on any atom is 0.123 e. The monoisotopic (exact) mass is 167 g/mol. The van der Waals surface area contributed by atoms with Gasteiger partial charge in [0.2, 0.25) is 0 Å². The van der Waals surface area contributed by atoms with E-state index in [-0.39, 0.29) is 5.82 Å².